The number of hydrogen-bond acceptors (Lipinski definition) is 5. The van der Waals surface area contributed by atoms with Crippen LogP contribution < -0.4 is 4.90 Å². The Morgan fingerprint density at radius 3 is 2.03 bits per heavy atom. The molecule has 1 saturated heterocycles. The van der Waals surface area contributed by atoms with Crippen LogP contribution in [0.2, 0.25) is 0 Å². The van der Waals surface area contributed by atoms with Crippen molar-refractivity contribution in [3.05, 3.63) is 65.9 Å². The smallest absolute Gasteiger partial charge is 0.333 e. The first-order valence-electron chi connectivity index (χ1n) is 13.3. The molecule has 3 rings (SSSR count). The minimum atomic E-state index is -0.613. The van der Waals surface area contributed by atoms with Crippen molar-refractivity contribution < 1.29 is 19.2 Å². The van der Waals surface area contributed by atoms with Crippen molar-refractivity contribution in [1.82, 2.24) is 9.80 Å². The van der Waals surface area contributed by atoms with E-state index >= 15 is 0 Å². The van der Waals surface area contributed by atoms with Gasteiger partial charge in [0.2, 0.25) is 0 Å². The number of nitrogens with zero attached hydrogens (tertiary/aromatic N) is 3. The standard InChI is InChI=1S/C30H39N3O4/c1-6-9-19-31-25-16-12-11-15-24(25)30(4,5)26(31)18-17-23-27(35)32(20-10-7-2)29(37)33(28(23)36)21-13-14-22(34)8-3/h8,11-12,15-18H,3,6-7,9-10,13-14,19-21H2,1-2,4-5H3/b23-17+,26-18-. The molecule has 0 radical (unpaired) electrons. The first kappa shape index (κ1) is 28.1. The second-order valence-corrected chi connectivity index (χ2v) is 10.1. The van der Waals surface area contributed by atoms with Crippen LogP contribution in [0.25, 0.3) is 0 Å². The molecule has 1 aromatic carbocycles. The molecule has 7 nitrogen and oxygen atoms in total. The zero-order valence-corrected chi connectivity index (χ0v) is 22.6. The van der Waals surface area contributed by atoms with Gasteiger partial charge in [-0.1, -0.05) is 65.3 Å². The summed E-state index contributed by atoms with van der Waals surface area (Å²) < 4.78 is 0. The Balaban J connectivity index is 2.00. The molecule has 1 aromatic rings. The monoisotopic (exact) mass is 505 g/mol. The van der Waals surface area contributed by atoms with Gasteiger partial charge in [0.05, 0.1) is 0 Å². The van der Waals surface area contributed by atoms with Crippen LogP contribution >= 0.6 is 0 Å². The second kappa shape index (κ2) is 12.2. The third-order valence-corrected chi connectivity index (χ3v) is 7.12. The van der Waals surface area contributed by atoms with E-state index in [1.54, 1.807) is 6.08 Å². The molecule has 198 valence electrons. The molecule has 37 heavy (non-hydrogen) atoms. The van der Waals surface area contributed by atoms with Crippen LogP contribution in [0.15, 0.2) is 60.3 Å². The highest BCUT2D eigenvalue weighted by Gasteiger charge is 2.42. The third kappa shape index (κ3) is 5.76. The maximum atomic E-state index is 13.4. The maximum Gasteiger partial charge on any atom is 0.333 e. The quantitative estimate of drug-likeness (QED) is 0.276. The summed E-state index contributed by atoms with van der Waals surface area (Å²) in [6, 6.07) is 7.67. The van der Waals surface area contributed by atoms with Crippen molar-refractivity contribution in [2.45, 2.75) is 71.6 Å². The fourth-order valence-electron chi connectivity index (χ4n) is 4.93. The molecule has 2 aliphatic heterocycles. The molecular formula is C30H39N3O4. The first-order chi connectivity index (χ1) is 17.7. The highest BCUT2D eigenvalue weighted by Crippen LogP contribution is 2.47. The summed E-state index contributed by atoms with van der Waals surface area (Å²) in [4.78, 5) is 56.0. The van der Waals surface area contributed by atoms with E-state index < -0.39 is 17.8 Å². The van der Waals surface area contributed by atoms with Crippen LogP contribution in [0.1, 0.15) is 71.8 Å². The predicted octanol–water partition coefficient (Wildman–Crippen LogP) is 5.52. The van der Waals surface area contributed by atoms with E-state index in [4.69, 9.17) is 0 Å². The molecule has 0 aromatic heterocycles. The number of carbonyl (C=O) groups is 4. The van der Waals surface area contributed by atoms with Crippen molar-refractivity contribution in [2.24, 2.45) is 0 Å². The van der Waals surface area contributed by atoms with Crippen LogP contribution in [-0.4, -0.2) is 53.1 Å². The Morgan fingerprint density at radius 1 is 0.865 bits per heavy atom. The van der Waals surface area contributed by atoms with Gasteiger partial charge >= 0.3 is 6.03 Å². The van der Waals surface area contributed by atoms with E-state index in [1.165, 1.54) is 11.6 Å². The molecule has 0 bridgehead atoms. The number of ketones is 1. The van der Waals surface area contributed by atoms with Gasteiger partial charge in [0.25, 0.3) is 11.8 Å². The normalized spacial score (nSPS) is 19.2. The minimum absolute atomic E-state index is 0.0274. The molecule has 0 atom stereocenters. The van der Waals surface area contributed by atoms with Gasteiger partial charge < -0.3 is 4.90 Å². The molecule has 1 fully saturated rings. The predicted molar refractivity (Wildman–Crippen MR) is 146 cm³/mol. The van der Waals surface area contributed by atoms with Crippen LogP contribution in [0.5, 0.6) is 0 Å². The summed E-state index contributed by atoms with van der Waals surface area (Å²) in [6.45, 7) is 13.0. The first-order valence-corrected chi connectivity index (χ1v) is 13.3. The number of hydrogen-bond donors (Lipinski definition) is 0. The number of carbonyl (C=O) groups excluding carboxylic acids is 4. The number of para-hydroxylation sites is 1. The van der Waals surface area contributed by atoms with Crippen molar-refractivity contribution in [3.63, 3.8) is 0 Å². The summed E-state index contributed by atoms with van der Waals surface area (Å²) in [6.07, 6.45) is 8.70. The van der Waals surface area contributed by atoms with Crippen molar-refractivity contribution >= 4 is 29.3 Å². The second-order valence-electron chi connectivity index (χ2n) is 10.1. The number of amides is 4. The zero-order chi connectivity index (χ0) is 27.2. The Labute approximate surface area is 220 Å². The number of benzene rings is 1. The minimum Gasteiger partial charge on any atom is -0.344 e. The van der Waals surface area contributed by atoms with E-state index in [0.717, 1.165) is 47.0 Å². The SMILES string of the molecule is C=CC(=O)CCCN1C(=O)/C(=C/C=C2\N(CCCC)c3ccccc3C2(C)C)C(=O)N(CCCC)C1=O. The lowest BCUT2D eigenvalue weighted by Crippen LogP contribution is -2.56. The summed E-state index contributed by atoms with van der Waals surface area (Å²) in [5.41, 5.74) is 3.01. The zero-order valence-electron chi connectivity index (χ0n) is 22.6. The Morgan fingerprint density at radius 2 is 1.43 bits per heavy atom. The molecule has 2 aliphatic rings. The molecule has 0 saturated carbocycles. The van der Waals surface area contributed by atoms with Crippen LogP contribution in [0.4, 0.5) is 10.5 Å². The molecule has 0 unspecified atom stereocenters. The van der Waals surface area contributed by atoms with Crippen molar-refractivity contribution in [3.8, 4) is 0 Å². The van der Waals surface area contributed by atoms with Crippen molar-refractivity contribution in [1.29, 1.82) is 0 Å². The van der Waals surface area contributed by atoms with Crippen molar-refractivity contribution in [2.75, 3.05) is 24.5 Å². The topological polar surface area (TPSA) is 78.0 Å². The van der Waals surface area contributed by atoms with E-state index in [2.05, 4.69) is 44.4 Å². The summed E-state index contributed by atoms with van der Waals surface area (Å²) in [5, 5.41) is 0. The molecule has 7 heteroatoms. The number of unbranched alkanes of at least 4 members (excludes halogenated alkanes) is 2. The fourth-order valence-corrected chi connectivity index (χ4v) is 4.93. The van der Waals surface area contributed by atoms with E-state index in [9.17, 15) is 19.2 Å². The highest BCUT2D eigenvalue weighted by atomic mass is 16.2. The van der Waals surface area contributed by atoms with Crippen LogP contribution in [-0.2, 0) is 19.8 Å². The largest absolute Gasteiger partial charge is 0.344 e. The van der Waals surface area contributed by atoms with Gasteiger partial charge in [0.1, 0.15) is 5.57 Å². The Hall–Kier alpha value is -3.48. The van der Waals surface area contributed by atoms with Gasteiger partial charge in [-0.05, 0) is 49.1 Å². The Kier molecular flexibility index (Phi) is 9.24. The fraction of sp³-hybridized carbons (Fsp3) is 0.467. The number of anilines is 1. The molecule has 0 aliphatic carbocycles. The average molecular weight is 506 g/mol. The molecular weight excluding hydrogens is 466 g/mol. The van der Waals surface area contributed by atoms with Crippen LogP contribution in [0, 0.1) is 0 Å². The number of barbiturate groups is 1. The van der Waals surface area contributed by atoms with Gasteiger partial charge in [0.15, 0.2) is 5.78 Å². The molecule has 2 heterocycles. The van der Waals surface area contributed by atoms with Crippen LogP contribution in [0.3, 0.4) is 0 Å². The van der Waals surface area contributed by atoms with E-state index in [0.29, 0.717) is 12.8 Å². The lowest BCUT2D eigenvalue weighted by Gasteiger charge is -2.34. The van der Waals surface area contributed by atoms with E-state index in [1.807, 2.05) is 25.1 Å². The number of fused-ring (bicyclic) bond motifs is 1. The summed E-state index contributed by atoms with van der Waals surface area (Å²) >= 11 is 0. The number of urea groups is 1. The third-order valence-electron chi connectivity index (χ3n) is 7.12. The summed E-state index contributed by atoms with van der Waals surface area (Å²) in [5.74, 6) is -1.32. The van der Waals surface area contributed by atoms with Gasteiger partial charge in [-0.2, -0.15) is 0 Å². The Bertz CT molecular complexity index is 1130. The number of rotatable bonds is 12. The molecule has 4 amide bonds. The lowest BCUT2D eigenvalue weighted by molar-refractivity contribution is -0.136. The highest BCUT2D eigenvalue weighted by molar-refractivity contribution is 6.28. The van der Waals surface area contributed by atoms with Gasteiger partial charge in [-0.3, -0.25) is 24.2 Å². The molecule has 0 spiro atoms. The van der Waals surface area contributed by atoms with Gasteiger partial charge in [-0.25, -0.2) is 4.79 Å². The van der Waals surface area contributed by atoms with Gasteiger partial charge in [0, 0.05) is 42.9 Å². The maximum absolute atomic E-state index is 13.4. The lowest BCUT2D eigenvalue weighted by atomic mass is 9.83. The number of allylic oxidation sites excluding steroid dienone is 4. The molecule has 0 N–H and O–H groups in total. The van der Waals surface area contributed by atoms with Gasteiger partial charge in [-0.15, -0.1) is 0 Å². The van der Waals surface area contributed by atoms with E-state index in [-0.39, 0.29) is 36.3 Å². The summed E-state index contributed by atoms with van der Waals surface area (Å²) in [7, 11) is 0. The number of imide groups is 2. The average Bonchev–Trinajstić information content (AvgIpc) is 3.10.